The highest BCUT2D eigenvalue weighted by Crippen LogP contribution is 2.19. The van der Waals surface area contributed by atoms with Crippen LogP contribution >= 0.6 is 0 Å². The van der Waals surface area contributed by atoms with Crippen LogP contribution < -0.4 is 16.2 Å². The molecular weight excluding hydrogens is 424 g/mol. The Balaban J connectivity index is 1.65. The molecule has 0 aliphatic heterocycles. The predicted octanol–water partition coefficient (Wildman–Crippen LogP) is 1.97. The fourth-order valence-electron chi connectivity index (χ4n) is 3.46. The summed E-state index contributed by atoms with van der Waals surface area (Å²) in [5.74, 6) is -0.0455. The Bertz CT molecular complexity index is 1120. The Labute approximate surface area is 192 Å². The standard InChI is InChI=1S/C23H32N6O4/c1-4-5-13-33-22-26-20(24)19-21(27-22)29(23(31)25-19)14-17-10-8-16(9-11-17)7-6-12-28(2)15-18(30)32-3/h8-11H,4-7,12-15H2,1-3H3,(H,25,31)(H2,24,26,27). The van der Waals surface area contributed by atoms with E-state index >= 15 is 0 Å². The minimum atomic E-state index is -0.297. The first kappa shape index (κ1) is 24.2. The molecule has 0 atom stereocenters. The van der Waals surface area contributed by atoms with Crippen molar-refractivity contribution in [3.63, 3.8) is 0 Å². The molecule has 0 aliphatic carbocycles. The summed E-state index contributed by atoms with van der Waals surface area (Å²) in [4.78, 5) is 37.1. The van der Waals surface area contributed by atoms with Crippen molar-refractivity contribution >= 4 is 23.0 Å². The number of hydrogen-bond acceptors (Lipinski definition) is 8. The molecule has 3 aromatic rings. The zero-order valence-electron chi connectivity index (χ0n) is 19.5. The van der Waals surface area contributed by atoms with Crippen molar-refractivity contribution in [1.82, 2.24) is 24.4 Å². The minimum Gasteiger partial charge on any atom is -0.468 e. The van der Waals surface area contributed by atoms with Crippen molar-refractivity contribution in [2.45, 2.75) is 39.2 Å². The van der Waals surface area contributed by atoms with Crippen LogP contribution in [0.4, 0.5) is 5.82 Å². The lowest BCUT2D eigenvalue weighted by molar-refractivity contribution is -0.141. The maximum atomic E-state index is 12.5. The zero-order valence-corrected chi connectivity index (χ0v) is 19.5. The van der Waals surface area contributed by atoms with E-state index in [9.17, 15) is 9.59 Å². The third-order valence-corrected chi connectivity index (χ3v) is 5.35. The van der Waals surface area contributed by atoms with Crippen LogP contribution in [0.2, 0.25) is 0 Å². The van der Waals surface area contributed by atoms with Gasteiger partial charge in [0.1, 0.15) is 5.52 Å². The van der Waals surface area contributed by atoms with Gasteiger partial charge in [0.15, 0.2) is 11.5 Å². The number of benzene rings is 1. The first-order valence-corrected chi connectivity index (χ1v) is 11.1. The Morgan fingerprint density at radius 1 is 1.18 bits per heavy atom. The molecule has 1 aromatic carbocycles. The molecule has 0 fully saturated rings. The van der Waals surface area contributed by atoms with Crippen LogP contribution in [0.3, 0.4) is 0 Å². The number of carbonyl (C=O) groups excluding carboxylic acids is 1. The third-order valence-electron chi connectivity index (χ3n) is 5.35. The summed E-state index contributed by atoms with van der Waals surface area (Å²) in [6.45, 7) is 4.00. The number of ether oxygens (including phenoxy) is 2. The van der Waals surface area contributed by atoms with Crippen LogP contribution in [-0.4, -0.2) is 64.2 Å². The highest BCUT2D eigenvalue weighted by Gasteiger charge is 2.15. The number of nitrogens with one attached hydrogen (secondary N) is 1. The lowest BCUT2D eigenvalue weighted by Gasteiger charge is -2.14. The lowest BCUT2D eigenvalue weighted by atomic mass is 10.1. The maximum Gasteiger partial charge on any atom is 0.328 e. The first-order chi connectivity index (χ1) is 15.9. The van der Waals surface area contributed by atoms with Gasteiger partial charge in [0, 0.05) is 0 Å². The SMILES string of the molecule is CCCCOc1nc(N)c2[nH]c(=O)n(Cc3ccc(CCCN(C)CC(=O)OC)cc3)c2n1. The van der Waals surface area contributed by atoms with Gasteiger partial charge in [-0.15, -0.1) is 0 Å². The molecule has 10 nitrogen and oxygen atoms in total. The number of aromatic amines is 1. The summed E-state index contributed by atoms with van der Waals surface area (Å²) in [5, 5.41) is 0. The average molecular weight is 457 g/mol. The summed E-state index contributed by atoms with van der Waals surface area (Å²) in [6.07, 6.45) is 3.69. The van der Waals surface area contributed by atoms with E-state index in [0.717, 1.165) is 37.8 Å². The van der Waals surface area contributed by atoms with Crippen molar-refractivity contribution in [1.29, 1.82) is 0 Å². The lowest BCUT2D eigenvalue weighted by Crippen LogP contribution is -2.27. The average Bonchev–Trinajstić information content (AvgIpc) is 3.11. The number of imidazole rings is 1. The Morgan fingerprint density at radius 3 is 2.61 bits per heavy atom. The number of nitrogens with two attached hydrogens (primary N) is 1. The van der Waals surface area contributed by atoms with E-state index in [1.165, 1.54) is 17.2 Å². The molecular formula is C23H32N6O4. The van der Waals surface area contributed by atoms with Gasteiger partial charge in [-0.05, 0) is 44.0 Å². The second-order valence-corrected chi connectivity index (χ2v) is 8.04. The summed E-state index contributed by atoms with van der Waals surface area (Å²) in [7, 11) is 3.29. The number of unbranched alkanes of at least 4 members (excludes halogenated alkanes) is 1. The van der Waals surface area contributed by atoms with Crippen LogP contribution in [0.1, 0.15) is 37.3 Å². The normalized spacial score (nSPS) is 11.3. The van der Waals surface area contributed by atoms with Crippen LogP contribution in [0.25, 0.3) is 11.2 Å². The van der Waals surface area contributed by atoms with Gasteiger partial charge in [-0.1, -0.05) is 37.6 Å². The molecule has 0 radical (unpaired) electrons. The van der Waals surface area contributed by atoms with Gasteiger partial charge in [-0.3, -0.25) is 14.3 Å². The number of methoxy groups -OCH3 is 1. The number of aryl methyl sites for hydroxylation is 1. The second kappa shape index (κ2) is 11.5. The van der Waals surface area contributed by atoms with Crippen molar-refractivity contribution in [3.05, 3.63) is 45.9 Å². The number of fused-ring (bicyclic) bond motifs is 1. The third kappa shape index (κ3) is 6.55. The van der Waals surface area contributed by atoms with Crippen LogP contribution in [0.15, 0.2) is 29.1 Å². The number of esters is 1. The molecule has 33 heavy (non-hydrogen) atoms. The molecule has 0 bridgehead atoms. The molecule has 3 N–H and O–H groups in total. The Morgan fingerprint density at radius 2 is 1.91 bits per heavy atom. The molecule has 0 saturated heterocycles. The number of H-pyrrole nitrogens is 1. The highest BCUT2D eigenvalue weighted by atomic mass is 16.5. The smallest absolute Gasteiger partial charge is 0.328 e. The van der Waals surface area contributed by atoms with E-state index in [4.69, 9.17) is 10.5 Å². The van der Waals surface area contributed by atoms with Gasteiger partial charge in [0.05, 0.1) is 26.8 Å². The fourth-order valence-corrected chi connectivity index (χ4v) is 3.46. The number of hydrogen-bond donors (Lipinski definition) is 2. The largest absolute Gasteiger partial charge is 0.468 e. The Kier molecular flexibility index (Phi) is 8.42. The van der Waals surface area contributed by atoms with Gasteiger partial charge in [0.2, 0.25) is 0 Å². The molecule has 0 aliphatic rings. The molecule has 0 amide bonds. The number of nitrogens with zero attached hydrogens (tertiary/aromatic N) is 4. The number of anilines is 1. The van der Waals surface area contributed by atoms with Crippen molar-refractivity contribution in [2.24, 2.45) is 0 Å². The zero-order chi connectivity index (χ0) is 23.8. The van der Waals surface area contributed by atoms with E-state index in [-0.39, 0.29) is 30.0 Å². The van der Waals surface area contributed by atoms with Gasteiger partial charge in [0.25, 0.3) is 0 Å². The monoisotopic (exact) mass is 456 g/mol. The van der Waals surface area contributed by atoms with Gasteiger partial charge < -0.3 is 20.2 Å². The molecule has 10 heteroatoms. The van der Waals surface area contributed by atoms with E-state index in [1.807, 2.05) is 24.1 Å². The molecule has 0 saturated carbocycles. The summed E-state index contributed by atoms with van der Waals surface area (Å²) in [6, 6.07) is 8.29. The number of likely N-dealkylation sites (N-methyl/N-ethyl adjacent to an activating group) is 1. The molecule has 2 aromatic heterocycles. The summed E-state index contributed by atoms with van der Waals surface area (Å²) in [5.41, 5.74) is 8.72. The Hall–Kier alpha value is -3.40. The van der Waals surface area contributed by atoms with Gasteiger partial charge in [-0.25, -0.2) is 4.79 Å². The molecule has 0 spiro atoms. The molecule has 0 unspecified atom stereocenters. The van der Waals surface area contributed by atoms with Crippen LogP contribution in [-0.2, 0) is 22.5 Å². The van der Waals surface area contributed by atoms with Crippen molar-refractivity contribution < 1.29 is 14.3 Å². The van der Waals surface area contributed by atoms with E-state index in [0.29, 0.717) is 24.3 Å². The number of nitrogen functional groups attached to an aromatic ring is 1. The predicted molar refractivity (Wildman–Crippen MR) is 126 cm³/mol. The molecule has 3 rings (SSSR count). The number of aromatic nitrogens is 4. The fraction of sp³-hybridized carbons (Fsp3) is 0.478. The summed E-state index contributed by atoms with van der Waals surface area (Å²) >= 11 is 0. The van der Waals surface area contributed by atoms with E-state index in [2.05, 4.69) is 38.7 Å². The summed E-state index contributed by atoms with van der Waals surface area (Å²) < 4.78 is 11.8. The van der Waals surface area contributed by atoms with E-state index < -0.39 is 0 Å². The van der Waals surface area contributed by atoms with Crippen molar-refractivity contribution in [2.75, 3.05) is 39.6 Å². The van der Waals surface area contributed by atoms with Crippen LogP contribution in [0, 0.1) is 0 Å². The number of rotatable bonds is 12. The molecule has 2 heterocycles. The van der Waals surface area contributed by atoms with E-state index in [1.54, 1.807) is 0 Å². The van der Waals surface area contributed by atoms with Crippen molar-refractivity contribution in [3.8, 4) is 6.01 Å². The van der Waals surface area contributed by atoms with Gasteiger partial charge >= 0.3 is 17.7 Å². The highest BCUT2D eigenvalue weighted by molar-refractivity contribution is 5.81. The maximum absolute atomic E-state index is 12.5. The van der Waals surface area contributed by atoms with Crippen LogP contribution in [0.5, 0.6) is 6.01 Å². The first-order valence-electron chi connectivity index (χ1n) is 11.1. The topological polar surface area (TPSA) is 128 Å². The second-order valence-electron chi connectivity index (χ2n) is 8.04. The minimum absolute atomic E-state index is 0.175. The quantitative estimate of drug-likeness (QED) is 0.313. The molecule has 178 valence electrons. The van der Waals surface area contributed by atoms with Gasteiger partial charge in [-0.2, -0.15) is 9.97 Å². The number of carbonyl (C=O) groups is 1.